The van der Waals surface area contributed by atoms with E-state index in [9.17, 15) is 0 Å². The predicted molar refractivity (Wildman–Crippen MR) is 72.0 cm³/mol. The first-order valence-corrected chi connectivity index (χ1v) is 6.23. The molecule has 0 aliphatic rings. The van der Waals surface area contributed by atoms with E-state index in [1.165, 1.54) is 5.56 Å². The van der Waals surface area contributed by atoms with Crippen LogP contribution in [0.25, 0.3) is 10.9 Å². The van der Waals surface area contributed by atoms with Crippen molar-refractivity contribution in [3.63, 3.8) is 0 Å². The second kappa shape index (κ2) is 4.92. The maximum atomic E-state index is 6.19. The third-order valence-corrected chi connectivity index (χ3v) is 3.02. The fourth-order valence-corrected chi connectivity index (χ4v) is 2.13. The highest BCUT2D eigenvalue weighted by Crippen LogP contribution is 2.31. The van der Waals surface area contributed by atoms with Gasteiger partial charge in [0.25, 0.3) is 0 Å². The number of halogens is 1. The van der Waals surface area contributed by atoms with Crippen LogP contribution < -0.4 is 4.74 Å². The van der Waals surface area contributed by atoms with Crippen LogP contribution in [0.3, 0.4) is 0 Å². The van der Waals surface area contributed by atoms with Gasteiger partial charge in [-0.15, -0.1) is 0 Å². The van der Waals surface area contributed by atoms with Crippen molar-refractivity contribution in [1.82, 2.24) is 4.98 Å². The largest absolute Gasteiger partial charge is 0.478 e. The molecule has 17 heavy (non-hydrogen) atoms. The van der Waals surface area contributed by atoms with Gasteiger partial charge in [-0.25, -0.2) is 4.98 Å². The lowest BCUT2D eigenvalue weighted by Crippen LogP contribution is -1.99. The number of pyridine rings is 1. The van der Waals surface area contributed by atoms with Gasteiger partial charge in [0, 0.05) is 11.5 Å². The standard InChI is InChI=1S/C14H16ClNO/c1-4-17-13-8-11(9(2)3)10-6-5-7-12(15)14(10)16-13/h5-9H,4H2,1-3H3. The Hall–Kier alpha value is -1.28. The van der Waals surface area contributed by atoms with E-state index in [1.807, 2.05) is 25.1 Å². The van der Waals surface area contributed by atoms with Crippen LogP contribution in [0.1, 0.15) is 32.3 Å². The monoisotopic (exact) mass is 249 g/mol. The number of rotatable bonds is 3. The highest BCUT2D eigenvalue weighted by atomic mass is 35.5. The number of nitrogens with zero attached hydrogens (tertiary/aromatic N) is 1. The molecule has 2 aromatic rings. The van der Waals surface area contributed by atoms with Crippen LogP contribution in [-0.4, -0.2) is 11.6 Å². The van der Waals surface area contributed by atoms with Crippen LogP contribution in [0.4, 0.5) is 0 Å². The van der Waals surface area contributed by atoms with Crippen molar-refractivity contribution in [3.8, 4) is 5.88 Å². The number of ether oxygens (including phenoxy) is 1. The van der Waals surface area contributed by atoms with Crippen LogP contribution in [0.15, 0.2) is 24.3 Å². The topological polar surface area (TPSA) is 22.1 Å². The minimum absolute atomic E-state index is 0.415. The van der Waals surface area contributed by atoms with Crippen molar-refractivity contribution in [1.29, 1.82) is 0 Å². The van der Waals surface area contributed by atoms with E-state index < -0.39 is 0 Å². The Kier molecular flexibility index (Phi) is 3.53. The van der Waals surface area contributed by atoms with Gasteiger partial charge in [-0.3, -0.25) is 0 Å². The Bertz CT molecular complexity index is 537. The third kappa shape index (κ3) is 2.37. The van der Waals surface area contributed by atoms with E-state index >= 15 is 0 Å². The van der Waals surface area contributed by atoms with Gasteiger partial charge in [0.15, 0.2) is 0 Å². The maximum absolute atomic E-state index is 6.19. The normalized spacial score (nSPS) is 11.1. The number of aromatic nitrogens is 1. The second-order valence-electron chi connectivity index (χ2n) is 4.27. The summed E-state index contributed by atoms with van der Waals surface area (Å²) in [7, 11) is 0. The van der Waals surface area contributed by atoms with Crippen LogP contribution in [-0.2, 0) is 0 Å². The molecule has 0 radical (unpaired) electrons. The zero-order chi connectivity index (χ0) is 12.4. The molecular formula is C14H16ClNO. The second-order valence-corrected chi connectivity index (χ2v) is 4.68. The molecule has 3 heteroatoms. The average molecular weight is 250 g/mol. The summed E-state index contributed by atoms with van der Waals surface area (Å²) in [6.45, 7) is 6.88. The van der Waals surface area contributed by atoms with Gasteiger partial charge in [0.05, 0.1) is 17.1 Å². The van der Waals surface area contributed by atoms with Gasteiger partial charge in [0.1, 0.15) is 0 Å². The molecule has 0 bridgehead atoms. The Morgan fingerprint density at radius 1 is 1.35 bits per heavy atom. The number of benzene rings is 1. The maximum Gasteiger partial charge on any atom is 0.214 e. The summed E-state index contributed by atoms with van der Waals surface area (Å²) in [6, 6.07) is 7.88. The number of hydrogen-bond acceptors (Lipinski definition) is 2. The van der Waals surface area contributed by atoms with Crippen molar-refractivity contribution in [3.05, 3.63) is 34.9 Å². The summed E-state index contributed by atoms with van der Waals surface area (Å²) in [6.07, 6.45) is 0. The van der Waals surface area contributed by atoms with E-state index in [2.05, 4.69) is 24.9 Å². The molecule has 0 unspecified atom stereocenters. The molecule has 0 saturated heterocycles. The summed E-state index contributed by atoms with van der Waals surface area (Å²) in [4.78, 5) is 4.45. The fourth-order valence-electron chi connectivity index (χ4n) is 1.91. The summed E-state index contributed by atoms with van der Waals surface area (Å²) in [5.74, 6) is 1.06. The van der Waals surface area contributed by atoms with Crippen molar-refractivity contribution in [2.75, 3.05) is 6.61 Å². The van der Waals surface area contributed by atoms with Crippen LogP contribution in [0.2, 0.25) is 5.02 Å². The summed E-state index contributed by atoms with van der Waals surface area (Å²) < 4.78 is 5.49. The molecule has 0 spiro atoms. The van der Waals surface area contributed by atoms with Crippen LogP contribution in [0, 0.1) is 0 Å². The number of fused-ring (bicyclic) bond motifs is 1. The van der Waals surface area contributed by atoms with Gasteiger partial charge >= 0.3 is 0 Å². The first-order valence-electron chi connectivity index (χ1n) is 5.85. The molecule has 0 aliphatic heterocycles. The molecule has 0 aliphatic carbocycles. The molecule has 0 fully saturated rings. The molecular weight excluding hydrogens is 234 g/mol. The predicted octanol–water partition coefficient (Wildman–Crippen LogP) is 4.41. The molecule has 90 valence electrons. The molecule has 2 rings (SSSR count). The lowest BCUT2D eigenvalue weighted by Gasteiger charge is -2.13. The summed E-state index contributed by atoms with van der Waals surface area (Å²) in [5, 5.41) is 1.78. The molecule has 1 aromatic carbocycles. The first-order chi connectivity index (χ1) is 8.13. The lowest BCUT2D eigenvalue weighted by molar-refractivity contribution is 0.327. The minimum atomic E-state index is 0.415. The smallest absolute Gasteiger partial charge is 0.214 e. The highest BCUT2D eigenvalue weighted by Gasteiger charge is 2.11. The van der Waals surface area contributed by atoms with Crippen molar-refractivity contribution >= 4 is 22.5 Å². The van der Waals surface area contributed by atoms with Gasteiger partial charge in [-0.2, -0.15) is 0 Å². The van der Waals surface area contributed by atoms with Gasteiger partial charge in [-0.1, -0.05) is 37.6 Å². The van der Waals surface area contributed by atoms with E-state index in [1.54, 1.807) is 0 Å². The van der Waals surface area contributed by atoms with E-state index in [0.717, 1.165) is 10.9 Å². The Balaban J connectivity index is 2.72. The zero-order valence-electron chi connectivity index (χ0n) is 10.3. The molecule has 1 heterocycles. The van der Waals surface area contributed by atoms with Gasteiger partial charge in [0.2, 0.25) is 5.88 Å². The SMILES string of the molecule is CCOc1cc(C(C)C)c2cccc(Cl)c2n1. The Morgan fingerprint density at radius 2 is 2.12 bits per heavy atom. The fraction of sp³-hybridized carbons (Fsp3) is 0.357. The van der Waals surface area contributed by atoms with Crippen molar-refractivity contribution in [2.45, 2.75) is 26.7 Å². The zero-order valence-corrected chi connectivity index (χ0v) is 11.1. The third-order valence-electron chi connectivity index (χ3n) is 2.71. The van der Waals surface area contributed by atoms with Crippen molar-refractivity contribution < 1.29 is 4.74 Å². The lowest BCUT2D eigenvalue weighted by atomic mass is 9.99. The Labute approximate surface area is 107 Å². The average Bonchev–Trinajstić information content (AvgIpc) is 2.29. The number of hydrogen-bond donors (Lipinski definition) is 0. The minimum Gasteiger partial charge on any atom is -0.478 e. The molecule has 1 aromatic heterocycles. The number of para-hydroxylation sites is 1. The quantitative estimate of drug-likeness (QED) is 0.804. The molecule has 2 nitrogen and oxygen atoms in total. The van der Waals surface area contributed by atoms with Gasteiger partial charge < -0.3 is 4.74 Å². The molecule has 0 amide bonds. The van der Waals surface area contributed by atoms with Crippen LogP contribution >= 0.6 is 11.6 Å². The van der Waals surface area contributed by atoms with Crippen molar-refractivity contribution in [2.24, 2.45) is 0 Å². The molecule has 0 N–H and O–H groups in total. The summed E-state index contributed by atoms with van der Waals surface area (Å²) >= 11 is 6.19. The van der Waals surface area contributed by atoms with E-state index in [0.29, 0.717) is 23.4 Å². The Morgan fingerprint density at radius 3 is 2.76 bits per heavy atom. The first kappa shape index (κ1) is 12.2. The van der Waals surface area contributed by atoms with E-state index in [-0.39, 0.29) is 0 Å². The van der Waals surface area contributed by atoms with Crippen LogP contribution in [0.5, 0.6) is 5.88 Å². The van der Waals surface area contributed by atoms with E-state index in [4.69, 9.17) is 16.3 Å². The molecule has 0 atom stereocenters. The van der Waals surface area contributed by atoms with Gasteiger partial charge in [-0.05, 0) is 24.5 Å². The molecule has 0 saturated carbocycles. The highest BCUT2D eigenvalue weighted by molar-refractivity contribution is 6.35. The summed E-state index contributed by atoms with van der Waals surface area (Å²) in [5.41, 5.74) is 2.05.